The second-order valence-corrected chi connectivity index (χ2v) is 6.86. The first-order valence-electron chi connectivity index (χ1n) is 7.94. The van der Waals surface area contributed by atoms with Crippen LogP contribution < -0.4 is 5.32 Å². The number of benzene rings is 1. The molecule has 0 aliphatic carbocycles. The van der Waals surface area contributed by atoms with Crippen molar-refractivity contribution < 1.29 is 0 Å². The number of hydrogen-bond donors (Lipinski definition) is 1. The molecule has 1 aliphatic rings. The Morgan fingerprint density at radius 1 is 1.15 bits per heavy atom. The van der Waals surface area contributed by atoms with Gasteiger partial charge in [-0.05, 0) is 76.5 Å². The van der Waals surface area contributed by atoms with Crippen molar-refractivity contribution in [2.45, 2.75) is 45.1 Å². The summed E-state index contributed by atoms with van der Waals surface area (Å²) in [5.74, 6) is 0. The van der Waals surface area contributed by atoms with E-state index in [1.54, 1.807) is 0 Å². The van der Waals surface area contributed by atoms with E-state index >= 15 is 0 Å². The molecule has 20 heavy (non-hydrogen) atoms. The van der Waals surface area contributed by atoms with Crippen molar-refractivity contribution in [1.82, 2.24) is 10.2 Å². The Labute approximate surface area is 132 Å². The number of piperidine rings is 1. The molecule has 0 aromatic heterocycles. The van der Waals surface area contributed by atoms with E-state index < -0.39 is 0 Å². The van der Waals surface area contributed by atoms with Crippen LogP contribution in [0, 0.1) is 0 Å². The van der Waals surface area contributed by atoms with Gasteiger partial charge in [0.25, 0.3) is 0 Å². The molecular weight excluding hydrogens is 312 g/mol. The average molecular weight is 339 g/mol. The number of rotatable bonds is 7. The van der Waals surface area contributed by atoms with E-state index in [4.69, 9.17) is 0 Å². The van der Waals surface area contributed by atoms with Gasteiger partial charge < -0.3 is 10.2 Å². The Morgan fingerprint density at radius 2 is 1.85 bits per heavy atom. The standard InChI is InChI=1S/C17H27BrN2/c1-15(14-16-6-8-17(18)9-7-16)19-10-5-13-20-11-3-2-4-12-20/h6-9,15,19H,2-5,10-14H2,1H3. The van der Waals surface area contributed by atoms with E-state index in [1.165, 1.54) is 50.9 Å². The van der Waals surface area contributed by atoms with Crippen molar-refractivity contribution in [2.24, 2.45) is 0 Å². The molecule has 1 aromatic carbocycles. The molecule has 0 saturated carbocycles. The minimum atomic E-state index is 0.553. The zero-order valence-corrected chi connectivity index (χ0v) is 14.2. The summed E-state index contributed by atoms with van der Waals surface area (Å²) in [5.41, 5.74) is 1.41. The van der Waals surface area contributed by atoms with E-state index in [2.05, 4.69) is 57.3 Å². The van der Waals surface area contributed by atoms with Gasteiger partial charge in [0, 0.05) is 10.5 Å². The first kappa shape index (κ1) is 16.0. The van der Waals surface area contributed by atoms with Crippen molar-refractivity contribution in [3.63, 3.8) is 0 Å². The van der Waals surface area contributed by atoms with Gasteiger partial charge in [0.15, 0.2) is 0 Å². The summed E-state index contributed by atoms with van der Waals surface area (Å²) in [5, 5.41) is 3.65. The summed E-state index contributed by atoms with van der Waals surface area (Å²) in [6.07, 6.45) is 6.60. The van der Waals surface area contributed by atoms with Crippen LogP contribution in [0.4, 0.5) is 0 Å². The third-order valence-electron chi connectivity index (χ3n) is 4.05. The van der Waals surface area contributed by atoms with Crippen molar-refractivity contribution in [3.05, 3.63) is 34.3 Å². The fourth-order valence-electron chi connectivity index (χ4n) is 2.88. The lowest BCUT2D eigenvalue weighted by atomic mass is 10.1. The van der Waals surface area contributed by atoms with Crippen molar-refractivity contribution in [2.75, 3.05) is 26.2 Å². The summed E-state index contributed by atoms with van der Waals surface area (Å²) >= 11 is 3.48. The molecule has 112 valence electrons. The van der Waals surface area contributed by atoms with Gasteiger partial charge in [-0.1, -0.05) is 34.5 Å². The average Bonchev–Trinajstić information content (AvgIpc) is 2.47. The largest absolute Gasteiger partial charge is 0.314 e. The molecule has 2 nitrogen and oxygen atoms in total. The fraction of sp³-hybridized carbons (Fsp3) is 0.647. The van der Waals surface area contributed by atoms with Crippen LogP contribution in [0.25, 0.3) is 0 Å². The Kier molecular flexibility index (Phi) is 7.05. The normalized spacial score (nSPS) is 18.1. The van der Waals surface area contributed by atoms with E-state index in [0.717, 1.165) is 17.4 Å². The van der Waals surface area contributed by atoms with Crippen LogP contribution in [0.15, 0.2) is 28.7 Å². The minimum Gasteiger partial charge on any atom is -0.314 e. The van der Waals surface area contributed by atoms with Gasteiger partial charge in [0.2, 0.25) is 0 Å². The Bertz CT molecular complexity index is 371. The molecule has 1 atom stereocenters. The summed E-state index contributed by atoms with van der Waals surface area (Å²) in [6.45, 7) is 7.30. The molecule has 0 spiro atoms. The highest BCUT2D eigenvalue weighted by molar-refractivity contribution is 9.10. The fourth-order valence-corrected chi connectivity index (χ4v) is 3.14. The predicted octanol–water partition coefficient (Wildman–Crippen LogP) is 3.85. The lowest BCUT2D eigenvalue weighted by molar-refractivity contribution is 0.225. The summed E-state index contributed by atoms with van der Waals surface area (Å²) in [6, 6.07) is 9.21. The summed E-state index contributed by atoms with van der Waals surface area (Å²) in [7, 11) is 0. The Morgan fingerprint density at radius 3 is 2.55 bits per heavy atom. The number of nitrogens with zero attached hydrogens (tertiary/aromatic N) is 1. The van der Waals surface area contributed by atoms with Crippen LogP contribution in [0.3, 0.4) is 0 Å². The first-order valence-corrected chi connectivity index (χ1v) is 8.73. The second-order valence-electron chi connectivity index (χ2n) is 5.94. The molecule has 0 bridgehead atoms. The number of nitrogens with one attached hydrogen (secondary N) is 1. The van der Waals surface area contributed by atoms with Gasteiger partial charge in [-0.3, -0.25) is 0 Å². The number of halogens is 1. The minimum absolute atomic E-state index is 0.553. The van der Waals surface area contributed by atoms with Gasteiger partial charge in [-0.15, -0.1) is 0 Å². The molecule has 1 aromatic rings. The van der Waals surface area contributed by atoms with Crippen molar-refractivity contribution >= 4 is 15.9 Å². The van der Waals surface area contributed by atoms with E-state index in [1.807, 2.05) is 0 Å². The zero-order valence-electron chi connectivity index (χ0n) is 12.6. The zero-order chi connectivity index (χ0) is 14.2. The van der Waals surface area contributed by atoms with Crippen LogP contribution in [0.1, 0.15) is 38.2 Å². The molecule has 1 unspecified atom stereocenters. The molecule has 0 radical (unpaired) electrons. The van der Waals surface area contributed by atoms with Crippen LogP contribution in [0.5, 0.6) is 0 Å². The lowest BCUT2D eigenvalue weighted by Crippen LogP contribution is -2.34. The molecular formula is C17H27BrN2. The van der Waals surface area contributed by atoms with Crippen LogP contribution in [-0.2, 0) is 6.42 Å². The Balaban J connectivity index is 1.57. The quantitative estimate of drug-likeness (QED) is 0.759. The Hall–Kier alpha value is -0.380. The summed E-state index contributed by atoms with van der Waals surface area (Å²) in [4.78, 5) is 2.62. The van der Waals surface area contributed by atoms with Gasteiger partial charge in [-0.2, -0.15) is 0 Å². The van der Waals surface area contributed by atoms with Gasteiger partial charge in [0.05, 0.1) is 0 Å². The molecule has 1 aliphatic heterocycles. The molecule has 1 fully saturated rings. The van der Waals surface area contributed by atoms with Gasteiger partial charge in [0.1, 0.15) is 0 Å². The third kappa shape index (κ3) is 5.94. The SMILES string of the molecule is CC(Cc1ccc(Br)cc1)NCCCN1CCCCC1. The summed E-state index contributed by atoms with van der Waals surface area (Å²) < 4.78 is 1.16. The monoisotopic (exact) mass is 338 g/mol. The van der Waals surface area contributed by atoms with E-state index in [-0.39, 0.29) is 0 Å². The molecule has 1 heterocycles. The first-order chi connectivity index (χ1) is 9.74. The maximum atomic E-state index is 3.65. The smallest absolute Gasteiger partial charge is 0.0175 e. The van der Waals surface area contributed by atoms with Crippen LogP contribution in [0.2, 0.25) is 0 Å². The highest BCUT2D eigenvalue weighted by atomic mass is 79.9. The molecule has 0 amide bonds. The lowest BCUT2D eigenvalue weighted by Gasteiger charge is -2.26. The van der Waals surface area contributed by atoms with Crippen molar-refractivity contribution in [1.29, 1.82) is 0 Å². The maximum Gasteiger partial charge on any atom is 0.0175 e. The topological polar surface area (TPSA) is 15.3 Å². The van der Waals surface area contributed by atoms with E-state index in [9.17, 15) is 0 Å². The highest BCUT2D eigenvalue weighted by Crippen LogP contribution is 2.12. The van der Waals surface area contributed by atoms with Crippen LogP contribution in [-0.4, -0.2) is 37.1 Å². The second kappa shape index (κ2) is 8.81. The van der Waals surface area contributed by atoms with E-state index in [0.29, 0.717) is 6.04 Å². The van der Waals surface area contributed by atoms with Crippen molar-refractivity contribution in [3.8, 4) is 0 Å². The van der Waals surface area contributed by atoms with Crippen LogP contribution >= 0.6 is 15.9 Å². The van der Waals surface area contributed by atoms with Gasteiger partial charge >= 0.3 is 0 Å². The molecule has 3 heteroatoms. The number of hydrogen-bond acceptors (Lipinski definition) is 2. The molecule has 2 rings (SSSR count). The highest BCUT2D eigenvalue weighted by Gasteiger charge is 2.09. The third-order valence-corrected chi connectivity index (χ3v) is 4.58. The molecule has 1 saturated heterocycles. The van der Waals surface area contributed by atoms with Gasteiger partial charge in [-0.25, -0.2) is 0 Å². The molecule has 1 N–H and O–H groups in total. The number of likely N-dealkylation sites (tertiary alicyclic amines) is 1. The maximum absolute atomic E-state index is 3.65. The predicted molar refractivity (Wildman–Crippen MR) is 90.2 cm³/mol.